The lowest BCUT2D eigenvalue weighted by Gasteiger charge is -2.02. The third kappa shape index (κ3) is 1.95. The molecule has 0 fully saturated rings. The van der Waals surface area contributed by atoms with Gasteiger partial charge in [0.1, 0.15) is 5.75 Å². The normalized spacial score (nSPS) is 12.6. The molecule has 0 bridgehead atoms. The van der Waals surface area contributed by atoms with E-state index < -0.39 is 8.25 Å². The van der Waals surface area contributed by atoms with Gasteiger partial charge < -0.3 is 9.42 Å². The standard InChI is InChI=1S/C10H9O3P/c11-14(12)13-10-6-5-8-3-1-2-4-9(8)7-10/h1-7,14H,(H,11,12). The highest BCUT2D eigenvalue weighted by molar-refractivity contribution is 7.32. The van der Waals surface area contributed by atoms with Crippen LogP contribution < -0.4 is 4.52 Å². The van der Waals surface area contributed by atoms with Crippen molar-refractivity contribution in [1.29, 1.82) is 0 Å². The lowest BCUT2D eigenvalue weighted by Crippen LogP contribution is -1.80. The molecule has 0 amide bonds. The van der Waals surface area contributed by atoms with Crippen LogP contribution in [0.25, 0.3) is 10.8 Å². The number of fused-ring (bicyclic) bond motifs is 1. The summed E-state index contributed by atoms with van der Waals surface area (Å²) in [5.74, 6) is 0.426. The van der Waals surface area contributed by atoms with Crippen molar-refractivity contribution in [3.05, 3.63) is 42.5 Å². The minimum atomic E-state index is -2.90. The molecule has 0 aliphatic carbocycles. The fraction of sp³-hybridized carbons (Fsp3) is 0. The number of rotatable bonds is 2. The van der Waals surface area contributed by atoms with Gasteiger partial charge in [0.05, 0.1) is 0 Å². The van der Waals surface area contributed by atoms with Crippen molar-refractivity contribution in [3.63, 3.8) is 0 Å². The van der Waals surface area contributed by atoms with Crippen LogP contribution in [0, 0.1) is 0 Å². The van der Waals surface area contributed by atoms with E-state index in [2.05, 4.69) is 0 Å². The molecule has 0 saturated heterocycles. The monoisotopic (exact) mass is 208 g/mol. The first-order valence-electron chi connectivity index (χ1n) is 4.15. The third-order valence-corrected chi connectivity index (χ3v) is 2.34. The lowest BCUT2D eigenvalue weighted by molar-refractivity contribution is 0.411. The number of hydrogen-bond donors (Lipinski definition) is 1. The molecule has 0 aromatic heterocycles. The molecule has 2 aromatic rings. The summed E-state index contributed by atoms with van der Waals surface area (Å²) in [6.07, 6.45) is 0. The minimum Gasteiger partial charge on any atom is -0.426 e. The van der Waals surface area contributed by atoms with Crippen LogP contribution in [0.1, 0.15) is 0 Å². The van der Waals surface area contributed by atoms with E-state index in [1.165, 1.54) is 0 Å². The highest BCUT2D eigenvalue weighted by Gasteiger charge is 1.98. The second-order valence-electron chi connectivity index (χ2n) is 2.88. The summed E-state index contributed by atoms with van der Waals surface area (Å²) < 4.78 is 15.2. The maximum atomic E-state index is 10.5. The van der Waals surface area contributed by atoms with E-state index in [-0.39, 0.29) is 0 Å². The highest BCUT2D eigenvalue weighted by atomic mass is 31.1. The molecule has 0 radical (unpaired) electrons. The van der Waals surface area contributed by atoms with Gasteiger partial charge in [0.15, 0.2) is 0 Å². The Balaban J connectivity index is 2.46. The van der Waals surface area contributed by atoms with Gasteiger partial charge in [-0.05, 0) is 22.9 Å². The van der Waals surface area contributed by atoms with Crippen LogP contribution >= 0.6 is 8.25 Å². The molecule has 0 aliphatic rings. The van der Waals surface area contributed by atoms with Gasteiger partial charge >= 0.3 is 8.25 Å². The molecule has 1 unspecified atom stereocenters. The molecule has 0 aliphatic heterocycles. The second kappa shape index (κ2) is 3.82. The maximum Gasteiger partial charge on any atom is 0.365 e. The zero-order valence-electron chi connectivity index (χ0n) is 7.31. The van der Waals surface area contributed by atoms with Crippen LogP contribution in [0.2, 0.25) is 0 Å². The van der Waals surface area contributed by atoms with Gasteiger partial charge in [0, 0.05) is 0 Å². The molecule has 4 heteroatoms. The Bertz CT molecular complexity index is 482. The van der Waals surface area contributed by atoms with Gasteiger partial charge in [-0.15, -0.1) is 0 Å². The second-order valence-corrected chi connectivity index (χ2v) is 3.61. The molecule has 2 rings (SSSR count). The van der Waals surface area contributed by atoms with E-state index >= 15 is 0 Å². The Labute approximate surface area is 81.9 Å². The molecule has 14 heavy (non-hydrogen) atoms. The predicted octanol–water partition coefficient (Wildman–Crippen LogP) is 2.60. The van der Waals surface area contributed by atoms with E-state index in [1.807, 2.05) is 30.3 Å². The van der Waals surface area contributed by atoms with Crippen molar-refractivity contribution in [2.24, 2.45) is 0 Å². The lowest BCUT2D eigenvalue weighted by atomic mass is 10.1. The van der Waals surface area contributed by atoms with Crippen molar-refractivity contribution in [2.45, 2.75) is 0 Å². The van der Waals surface area contributed by atoms with Crippen LogP contribution in [0.5, 0.6) is 5.75 Å². The first-order chi connectivity index (χ1) is 6.75. The van der Waals surface area contributed by atoms with Gasteiger partial charge in [-0.1, -0.05) is 30.3 Å². The smallest absolute Gasteiger partial charge is 0.365 e. The first kappa shape index (κ1) is 9.25. The molecule has 3 nitrogen and oxygen atoms in total. The molecule has 72 valence electrons. The van der Waals surface area contributed by atoms with Crippen LogP contribution in [0.15, 0.2) is 42.5 Å². The number of hydrogen-bond acceptors (Lipinski definition) is 2. The summed E-state index contributed by atoms with van der Waals surface area (Å²) in [6.45, 7) is 0. The van der Waals surface area contributed by atoms with Crippen LogP contribution in [0.3, 0.4) is 0 Å². The minimum absolute atomic E-state index is 0.426. The molecule has 0 spiro atoms. The van der Waals surface area contributed by atoms with Gasteiger partial charge in [-0.2, -0.15) is 0 Å². The average Bonchev–Trinajstić information content (AvgIpc) is 2.17. The van der Waals surface area contributed by atoms with E-state index in [1.54, 1.807) is 12.1 Å². The van der Waals surface area contributed by atoms with Crippen LogP contribution in [-0.4, -0.2) is 4.89 Å². The predicted molar refractivity (Wildman–Crippen MR) is 55.8 cm³/mol. The first-order valence-corrected chi connectivity index (χ1v) is 5.42. The zero-order valence-corrected chi connectivity index (χ0v) is 8.31. The Morgan fingerprint density at radius 3 is 2.50 bits per heavy atom. The Hall–Kier alpha value is -1.31. The molecule has 1 atom stereocenters. The summed E-state index contributed by atoms with van der Waals surface area (Å²) in [6, 6.07) is 13.0. The van der Waals surface area contributed by atoms with Crippen LogP contribution in [-0.2, 0) is 4.57 Å². The van der Waals surface area contributed by atoms with Gasteiger partial charge in [-0.25, -0.2) is 4.57 Å². The van der Waals surface area contributed by atoms with Crippen molar-refractivity contribution < 1.29 is 14.0 Å². The Morgan fingerprint density at radius 1 is 1.07 bits per heavy atom. The molecule has 0 heterocycles. The summed E-state index contributed by atoms with van der Waals surface area (Å²) in [4.78, 5) is 8.60. The van der Waals surface area contributed by atoms with Crippen molar-refractivity contribution in [1.82, 2.24) is 0 Å². The van der Waals surface area contributed by atoms with Crippen molar-refractivity contribution in [3.8, 4) is 5.75 Å². The molecule has 1 N–H and O–H groups in total. The molecule has 0 saturated carbocycles. The summed E-state index contributed by atoms with van der Waals surface area (Å²) in [5, 5.41) is 2.07. The zero-order chi connectivity index (χ0) is 9.97. The Kier molecular flexibility index (Phi) is 2.53. The largest absolute Gasteiger partial charge is 0.426 e. The Morgan fingerprint density at radius 2 is 1.79 bits per heavy atom. The fourth-order valence-corrected chi connectivity index (χ4v) is 1.66. The highest BCUT2D eigenvalue weighted by Crippen LogP contribution is 2.26. The van der Waals surface area contributed by atoms with Gasteiger partial charge in [0.2, 0.25) is 0 Å². The molecular weight excluding hydrogens is 199 g/mol. The van der Waals surface area contributed by atoms with Gasteiger partial charge in [0.25, 0.3) is 0 Å². The maximum absolute atomic E-state index is 10.5. The van der Waals surface area contributed by atoms with Crippen LogP contribution in [0.4, 0.5) is 0 Å². The van der Waals surface area contributed by atoms with E-state index in [0.29, 0.717) is 5.75 Å². The van der Waals surface area contributed by atoms with E-state index in [4.69, 9.17) is 9.42 Å². The van der Waals surface area contributed by atoms with Gasteiger partial charge in [-0.3, -0.25) is 0 Å². The molecular formula is C10H9O3P. The summed E-state index contributed by atoms with van der Waals surface area (Å²) in [7, 11) is -2.90. The molecule has 2 aromatic carbocycles. The van der Waals surface area contributed by atoms with Crippen molar-refractivity contribution >= 4 is 19.0 Å². The fourth-order valence-electron chi connectivity index (χ4n) is 1.33. The van der Waals surface area contributed by atoms with E-state index in [0.717, 1.165) is 10.8 Å². The third-order valence-electron chi connectivity index (χ3n) is 1.93. The summed E-state index contributed by atoms with van der Waals surface area (Å²) in [5.41, 5.74) is 0. The van der Waals surface area contributed by atoms with Crippen molar-refractivity contribution in [2.75, 3.05) is 0 Å². The number of benzene rings is 2. The topological polar surface area (TPSA) is 46.5 Å². The quantitative estimate of drug-likeness (QED) is 0.771. The summed E-state index contributed by atoms with van der Waals surface area (Å²) >= 11 is 0. The SMILES string of the molecule is O=[PH](O)Oc1ccc2ccccc2c1. The van der Waals surface area contributed by atoms with E-state index in [9.17, 15) is 4.57 Å². The average molecular weight is 208 g/mol.